The standard InChI is InChI=1S/C21H24N2O4S/c1-3-27-18-10-8-17(9-11-18)23-20-14-28(25,26)13-19(20)22(21(23)24)12-16-7-5-4-6-15(16)2/h4-11,19-20H,3,12-14H2,1-2H3/t19-,20+/m0/s1. The number of hydrogen-bond donors (Lipinski definition) is 0. The highest BCUT2D eigenvalue weighted by atomic mass is 32.2. The molecule has 2 amide bonds. The van der Waals surface area contributed by atoms with E-state index in [0.29, 0.717) is 18.8 Å². The van der Waals surface area contributed by atoms with Crippen LogP contribution in [0.25, 0.3) is 0 Å². The van der Waals surface area contributed by atoms with Gasteiger partial charge in [-0.2, -0.15) is 0 Å². The number of aryl methyl sites for hydroxylation is 1. The van der Waals surface area contributed by atoms with E-state index in [1.54, 1.807) is 9.80 Å². The zero-order valence-corrected chi connectivity index (χ0v) is 16.9. The lowest BCUT2D eigenvalue weighted by Crippen LogP contribution is -2.37. The van der Waals surface area contributed by atoms with E-state index in [2.05, 4.69) is 0 Å². The molecule has 0 radical (unpaired) electrons. The molecule has 2 saturated heterocycles. The summed E-state index contributed by atoms with van der Waals surface area (Å²) in [6.07, 6.45) is 0. The summed E-state index contributed by atoms with van der Waals surface area (Å²) in [4.78, 5) is 16.6. The van der Waals surface area contributed by atoms with Crippen LogP contribution in [-0.4, -0.2) is 49.5 Å². The molecule has 0 aliphatic carbocycles. The van der Waals surface area contributed by atoms with Crippen LogP contribution < -0.4 is 9.64 Å². The van der Waals surface area contributed by atoms with Gasteiger partial charge in [0.2, 0.25) is 0 Å². The molecule has 2 heterocycles. The molecule has 6 nitrogen and oxygen atoms in total. The van der Waals surface area contributed by atoms with E-state index >= 15 is 0 Å². The van der Waals surface area contributed by atoms with Crippen molar-refractivity contribution >= 4 is 21.6 Å². The van der Waals surface area contributed by atoms with Crippen molar-refractivity contribution in [3.05, 3.63) is 59.7 Å². The van der Waals surface area contributed by atoms with Crippen molar-refractivity contribution in [2.45, 2.75) is 32.5 Å². The van der Waals surface area contributed by atoms with Crippen LogP contribution in [-0.2, 0) is 16.4 Å². The Hall–Kier alpha value is -2.54. The lowest BCUT2D eigenvalue weighted by atomic mass is 10.1. The topological polar surface area (TPSA) is 66.9 Å². The van der Waals surface area contributed by atoms with Gasteiger partial charge in [-0.25, -0.2) is 13.2 Å². The summed E-state index contributed by atoms with van der Waals surface area (Å²) in [6, 6.07) is 14.3. The minimum absolute atomic E-state index is 0.000883. The van der Waals surface area contributed by atoms with Crippen molar-refractivity contribution in [2.24, 2.45) is 0 Å². The number of fused-ring (bicyclic) bond motifs is 1. The third kappa shape index (κ3) is 3.35. The van der Waals surface area contributed by atoms with Gasteiger partial charge in [-0.1, -0.05) is 24.3 Å². The predicted octanol–water partition coefficient (Wildman–Crippen LogP) is 3.00. The third-order valence-corrected chi connectivity index (χ3v) is 7.20. The van der Waals surface area contributed by atoms with Crippen molar-refractivity contribution in [3.63, 3.8) is 0 Å². The molecule has 2 aromatic carbocycles. The molecular weight excluding hydrogens is 376 g/mol. The van der Waals surface area contributed by atoms with Gasteiger partial charge in [0.25, 0.3) is 0 Å². The Morgan fingerprint density at radius 3 is 2.39 bits per heavy atom. The molecule has 2 aliphatic rings. The van der Waals surface area contributed by atoms with Crippen molar-refractivity contribution in [1.29, 1.82) is 0 Å². The molecule has 0 N–H and O–H groups in total. The second kappa shape index (κ2) is 7.13. The average molecular weight is 401 g/mol. The van der Waals surface area contributed by atoms with E-state index in [1.807, 2.05) is 62.4 Å². The quantitative estimate of drug-likeness (QED) is 0.724. The molecule has 2 atom stereocenters. The highest BCUT2D eigenvalue weighted by Crippen LogP contribution is 2.36. The van der Waals surface area contributed by atoms with E-state index in [0.717, 1.165) is 16.9 Å². The van der Waals surface area contributed by atoms with Crippen LogP contribution in [0.4, 0.5) is 10.5 Å². The Kier molecular flexibility index (Phi) is 4.79. The Bertz CT molecular complexity index is 988. The molecule has 0 saturated carbocycles. The smallest absolute Gasteiger partial charge is 0.325 e. The number of anilines is 1. The molecule has 4 rings (SSSR count). The number of carbonyl (C=O) groups is 1. The van der Waals surface area contributed by atoms with E-state index in [-0.39, 0.29) is 29.6 Å². The van der Waals surface area contributed by atoms with Crippen LogP contribution in [0.2, 0.25) is 0 Å². The maximum atomic E-state index is 13.3. The number of carbonyl (C=O) groups excluding carboxylic acids is 1. The molecule has 0 spiro atoms. The number of benzene rings is 2. The Morgan fingerprint density at radius 1 is 1.04 bits per heavy atom. The van der Waals surface area contributed by atoms with Gasteiger partial charge in [-0.05, 0) is 49.2 Å². The first-order valence-corrected chi connectivity index (χ1v) is 11.3. The van der Waals surface area contributed by atoms with Crippen LogP contribution in [0, 0.1) is 6.92 Å². The zero-order valence-electron chi connectivity index (χ0n) is 16.0. The molecule has 0 bridgehead atoms. The molecule has 28 heavy (non-hydrogen) atoms. The van der Waals surface area contributed by atoms with Crippen LogP contribution in [0.15, 0.2) is 48.5 Å². The number of amides is 2. The first kappa shape index (κ1) is 18.8. The molecule has 0 unspecified atom stereocenters. The SMILES string of the molecule is CCOc1ccc(N2C(=O)N(Cc3ccccc3C)[C@H]3CS(=O)(=O)C[C@H]32)cc1. The molecule has 2 aromatic rings. The minimum atomic E-state index is -3.18. The summed E-state index contributed by atoms with van der Waals surface area (Å²) < 4.78 is 30.2. The normalized spacial score (nSPS) is 23.1. The van der Waals surface area contributed by atoms with Gasteiger partial charge in [0.1, 0.15) is 5.75 Å². The van der Waals surface area contributed by atoms with Crippen LogP contribution >= 0.6 is 0 Å². The highest BCUT2D eigenvalue weighted by Gasteiger charge is 2.53. The van der Waals surface area contributed by atoms with E-state index < -0.39 is 9.84 Å². The van der Waals surface area contributed by atoms with Crippen molar-refractivity contribution in [1.82, 2.24) is 4.90 Å². The lowest BCUT2D eigenvalue weighted by Gasteiger charge is -2.23. The Balaban J connectivity index is 1.67. The van der Waals surface area contributed by atoms with Gasteiger partial charge < -0.3 is 9.64 Å². The summed E-state index contributed by atoms with van der Waals surface area (Å²) in [5, 5.41) is 0. The Labute approximate surface area is 165 Å². The first-order chi connectivity index (χ1) is 13.4. The first-order valence-electron chi connectivity index (χ1n) is 9.47. The fourth-order valence-corrected chi connectivity index (χ4v) is 6.05. The van der Waals surface area contributed by atoms with Gasteiger partial charge >= 0.3 is 6.03 Å². The molecule has 148 valence electrons. The summed E-state index contributed by atoms with van der Waals surface area (Å²) >= 11 is 0. The maximum absolute atomic E-state index is 13.3. The molecule has 0 aromatic heterocycles. The van der Waals surface area contributed by atoms with Gasteiger partial charge in [0.15, 0.2) is 9.84 Å². The molecule has 7 heteroatoms. The number of nitrogens with zero attached hydrogens (tertiary/aromatic N) is 2. The van der Waals surface area contributed by atoms with Crippen molar-refractivity contribution in [2.75, 3.05) is 23.0 Å². The predicted molar refractivity (Wildman–Crippen MR) is 108 cm³/mol. The summed E-state index contributed by atoms with van der Waals surface area (Å²) in [5.74, 6) is 0.745. The lowest BCUT2D eigenvalue weighted by molar-refractivity contribution is 0.205. The third-order valence-electron chi connectivity index (χ3n) is 5.51. The molecule has 2 aliphatic heterocycles. The monoisotopic (exact) mass is 400 g/mol. The number of rotatable bonds is 5. The molecular formula is C21H24N2O4S. The number of sulfone groups is 1. The summed E-state index contributed by atoms with van der Waals surface area (Å²) in [7, 11) is -3.18. The second-order valence-corrected chi connectivity index (χ2v) is 9.50. The van der Waals surface area contributed by atoms with Gasteiger partial charge in [-0.15, -0.1) is 0 Å². The molecule has 2 fully saturated rings. The van der Waals surface area contributed by atoms with Crippen molar-refractivity contribution in [3.8, 4) is 5.75 Å². The van der Waals surface area contributed by atoms with Crippen molar-refractivity contribution < 1.29 is 17.9 Å². The van der Waals surface area contributed by atoms with Crippen LogP contribution in [0.5, 0.6) is 5.75 Å². The Morgan fingerprint density at radius 2 is 1.71 bits per heavy atom. The number of hydrogen-bond acceptors (Lipinski definition) is 4. The van der Waals surface area contributed by atoms with E-state index in [1.165, 1.54) is 0 Å². The second-order valence-electron chi connectivity index (χ2n) is 7.35. The largest absolute Gasteiger partial charge is 0.494 e. The summed E-state index contributed by atoms with van der Waals surface area (Å²) in [5.41, 5.74) is 2.83. The highest BCUT2D eigenvalue weighted by molar-refractivity contribution is 7.91. The van der Waals surface area contributed by atoms with E-state index in [4.69, 9.17) is 4.74 Å². The number of urea groups is 1. The van der Waals surface area contributed by atoms with E-state index in [9.17, 15) is 13.2 Å². The van der Waals surface area contributed by atoms with Gasteiger partial charge in [0, 0.05) is 12.2 Å². The number of ether oxygens (including phenoxy) is 1. The van der Waals surface area contributed by atoms with Crippen LogP contribution in [0.1, 0.15) is 18.1 Å². The maximum Gasteiger partial charge on any atom is 0.325 e. The minimum Gasteiger partial charge on any atom is -0.494 e. The van der Waals surface area contributed by atoms with Crippen LogP contribution in [0.3, 0.4) is 0 Å². The average Bonchev–Trinajstić information content (AvgIpc) is 3.08. The van der Waals surface area contributed by atoms with Gasteiger partial charge in [-0.3, -0.25) is 4.90 Å². The fraction of sp³-hybridized carbons (Fsp3) is 0.381. The zero-order chi connectivity index (χ0) is 19.9. The summed E-state index contributed by atoms with van der Waals surface area (Å²) in [6.45, 7) is 4.89. The van der Waals surface area contributed by atoms with Gasteiger partial charge in [0.05, 0.1) is 30.2 Å². The fourth-order valence-electron chi connectivity index (χ4n) is 4.10.